The van der Waals surface area contributed by atoms with Gasteiger partial charge < -0.3 is 9.64 Å². The molecule has 1 fully saturated rings. The lowest BCUT2D eigenvalue weighted by molar-refractivity contribution is 0.157. The van der Waals surface area contributed by atoms with Crippen molar-refractivity contribution in [2.75, 3.05) is 13.2 Å². The lowest BCUT2D eigenvalue weighted by Crippen LogP contribution is -2.35. The lowest BCUT2D eigenvalue weighted by atomic mass is 10.1. The van der Waals surface area contributed by atoms with E-state index in [-0.39, 0.29) is 12.1 Å². The van der Waals surface area contributed by atoms with E-state index in [1.54, 1.807) is 0 Å². The number of carbonyl (C=O) groups excluding carboxylic acids is 1. The van der Waals surface area contributed by atoms with Crippen molar-refractivity contribution in [1.82, 2.24) is 4.90 Å². The third kappa shape index (κ3) is 2.35. The summed E-state index contributed by atoms with van der Waals surface area (Å²) in [4.78, 5) is 13.3. The zero-order chi connectivity index (χ0) is 11.4. The van der Waals surface area contributed by atoms with Gasteiger partial charge in [-0.2, -0.15) is 0 Å². The van der Waals surface area contributed by atoms with E-state index in [1.807, 2.05) is 23.1 Å². The average molecular weight is 219 g/mol. The van der Waals surface area contributed by atoms with E-state index in [2.05, 4.69) is 19.1 Å². The Labute approximate surface area is 96.0 Å². The van der Waals surface area contributed by atoms with Crippen molar-refractivity contribution in [2.45, 2.75) is 25.8 Å². The zero-order valence-corrected chi connectivity index (χ0v) is 9.56. The monoisotopic (exact) mass is 219 g/mol. The molecule has 1 amide bonds. The SMILES string of the molecule is CCCN1C(=O)OC[C@H]1Cc1ccccc1. The van der Waals surface area contributed by atoms with E-state index in [0.717, 1.165) is 19.4 Å². The van der Waals surface area contributed by atoms with Gasteiger partial charge in [0.1, 0.15) is 6.61 Å². The van der Waals surface area contributed by atoms with Crippen molar-refractivity contribution in [3.05, 3.63) is 35.9 Å². The number of ether oxygens (including phenoxy) is 1. The predicted molar refractivity (Wildman–Crippen MR) is 62.3 cm³/mol. The molecule has 1 saturated heterocycles. The van der Waals surface area contributed by atoms with Crippen LogP contribution in [0.15, 0.2) is 30.3 Å². The third-order valence-electron chi connectivity index (χ3n) is 2.85. The fraction of sp³-hybridized carbons (Fsp3) is 0.462. The summed E-state index contributed by atoms with van der Waals surface area (Å²) < 4.78 is 5.09. The molecule has 1 atom stereocenters. The highest BCUT2D eigenvalue weighted by Gasteiger charge is 2.31. The molecule has 1 aliphatic heterocycles. The van der Waals surface area contributed by atoms with Crippen LogP contribution in [0.4, 0.5) is 4.79 Å². The lowest BCUT2D eigenvalue weighted by Gasteiger charge is -2.20. The van der Waals surface area contributed by atoms with Crippen molar-refractivity contribution < 1.29 is 9.53 Å². The Morgan fingerprint density at radius 1 is 1.38 bits per heavy atom. The first kappa shape index (κ1) is 11.0. The van der Waals surface area contributed by atoms with Gasteiger partial charge in [-0.3, -0.25) is 0 Å². The predicted octanol–water partition coefficient (Wildman–Crippen LogP) is 2.46. The van der Waals surface area contributed by atoms with Gasteiger partial charge in [-0.1, -0.05) is 37.3 Å². The summed E-state index contributed by atoms with van der Waals surface area (Å²) in [5.41, 5.74) is 1.26. The average Bonchev–Trinajstić information content (AvgIpc) is 2.64. The number of hydrogen-bond acceptors (Lipinski definition) is 2. The Morgan fingerprint density at radius 2 is 2.12 bits per heavy atom. The highest BCUT2D eigenvalue weighted by Crippen LogP contribution is 2.17. The first-order valence-corrected chi connectivity index (χ1v) is 5.78. The second kappa shape index (κ2) is 5.01. The highest BCUT2D eigenvalue weighted by atomic mass is 16.6. The molecule has 0 spiro atoms. The largest absolute Gasteiger partial charge is 0.447 e. The quantitative estimate of drug-likeness (QED) is 0.778. The van der Waals surface area contributed by atoms with E-state index in [4.69, 9.17) is 4.74 Å². The van der Waals surface area contributed by atoms with Crippen LogP contribution in [-0.2, 0) is 11.2 Å². The van der Waals surface area contributed by atoms with Crippen LogP contribution >= 0.6 is 0 Å². The molecule has 0 radical (unpaired) electrons. The Kier molecular flexibility index (Phi) is 3.44. The van der Waals surface area contributed by atoms with Crippen LogP contribution in [-0.4, -0.2) is 30.2 Å². The summed E-state index contributed by atoms with van der Waals surface area (Å²) in [5.74, 6) is 0. The van der Waals surface area contributed by atoms with Crippen LogP contribution in [0.1, 0.15) is 18.9 Å². The molecule has 1 aromatic rings. The first-order chi connectivity index (χ1) is 7.81. The number of hydrogen-bond donors (Lipinski definition) is 0. The molecule has 1 aromatic carbocycles. The van der Waals surface area contributed by atoms with Gasteiger partial charge in [-0.25, -0.2) is 4.79 Å². The molecule has 0 saturated carbocycles. The van der Waals surface area contributed by atoms with Crippen LogP contribution in [0.2, 0.25) is 0 Å². The molecular weight excluding hydrogens is 202 g/mol. The molecule has 3 nitrogen and oxygen atoms in total. The number of benzene rings is 1. The standard InChI is InChI=1S/C13H17NO2/c1-2-8-14-12(10-16-13(14)15)9-11-6-4-3-5-7-11/h3-7,12H,2,8-10H2,1H3/t12-/m1/s1. The van der Waals surface area contributed by atoms with E-state index in [9.17, 15) is 4.79 Å². The van der Waals surface area contributed by atoms with Gasteiger partial charge in [0.05, 0.1) is 6.04 Å². The second-order valence-electron chi connectivity index (χ2n) is 4.11. The van der Waals surface area contributed by atoms with E-state index in [1.165, 1.54) is 5.56 Å². The summed E-state index contributed by atoms with van der Waals surface area (Å²) in [6.07, 6.45) is 1.69. The number of rotatable bonds is 4. The molecule has 0 unspecified atom stereocenters. The third-order valence-corrected chi connectivity index (χ3v) is 2.85. The van der Waals surface area contributed by atoms with Crippen molar-refractivity contribution in [3.63, 3.8) is 0 Å². The van der Waals surface area contributed by atoms with Crippen LogP contribution < -0.4 is 0 Å². The van der Waals surface area contributed by atoms with Gasteiger partial charge >= 0.3 is 6.09 Å². The minimum atomic E-state index is -0.164. The van der Waals surface area contributed by atoms with Crippen molar-refractivity contribution in [3.8, 4) is 0 Å². The van der Waals surface area contributed by atoms with Crippen molar-refractivity contribution >= 4 is 6.09 Å². The van der Waals surface area contributed by atoms with E-state index < -0.39 is 0 Å². The first-order valence-electron chi connectivity index (χ1n) is 5.78. The summed E-state index contributed by atoms with van der Waals surface area (Å²) in [6.45, 7) is 3.38. The summed E-state index contributed by atoms with van der Waals surface area (Å²) >= 11 is 0. The molecule has 0 N–H and O–H groups in total. The number of cyclic esters (lactones) is 1. The Balaban J connectivity index is 2.01. The van der Waals surface area contributed by atoms with Crippen molar-refractivity contribution in [2.24, 2.45) is 0 Å². The molecule has 0 bridgehead atoms. The Hall–Kier alpha value is -1.51. The number of carbonyl (C=O) groups is 1. The molecule has 1 aliphatic rings. The minimum absolute atomic E-state index is 0.164. The number of amides is 1. The molecule has 3 heteroatoms. The zero-order valence-electron chi connectivity index (χ0n) is 9.56. The summed E-state index contributed by atoms with van der Waals surface area (Å²) in [5, 5.41) is 0. The van der Waals surface area contributed by atoms with Crippen molar-refractivity contribution in [1.29, 1.82) is 0 Å². The van der Waals surface area contributed by atoms with Gasteiger partial charge in [-0.15, -0.1) is 0 Å². The van der Waals surface area contributed by atoms with Gasteiger partial charge in [0.25, 0.3) is 0 Å². The molecular formula is C13H17NO2. The topological polar surface area (TPSA) is 29.5 Å². The van der Waals surface area contributed by atoms with Crippen LogP contribution in [0.25, 0.3) is 0 Å². The second-order valence-corrected chi connectivity index (χ2v) is 4.11. The summed E-state index contributed by atoms with van der Waals surface area (Å²) in [7, 11) is 0. The summed E-state index contributed by atoms with van der Waals surface area (Å²) in [6, 6.07) is 10.4. The van der Waals surface area contributed by atoms with Gasteiger partial charge in [-0.05, 0) is 18.4 Å². The molecule has 1 heterocycles. The maximum Gasteiger partial charge on any atom is 0.410 e. The molecule has 16 heavy (non-hydrogen) atoms. The minimum Gasteiger partial charge on any atom is -0.447 e. The van der Waals surface area contributed by atoms with E-state index in [0.29, 0.717) is 6.61 Å². The maximum atomic E-state index is 11.5. The van der Waals surface area contributed by atoms with E-state index >= 15 is 0 Å². The van der Waals surface area contributed by atoms with Gasteiger partial charge in [0.2, 0.25) is 0 Å². The maximum absolute atomic E-state index is 11.5. The molecule has 0 aliphatic carbocycles. The number of nitrogens with zero attached hydrogens (tertiary/aromatic N) is 1. The molecule has 86 valence electrons. The normalized spacial score (nSPS) is 19.9. The Bertz CT molecular complexity index is 350. The molecule has 2 rings (SSSR count). The van der Waals surface area contributed by atoms with Crippen LogP contribution in [0.5, 0.6) is 0 Å². The fourth-order valence-corrected chi connectivity index (χ4v) is 2.06. The smallest absolute Gasteiger partial charge is 0.410 e. The fourth-order valence-electron chi connectivity index (χ4n) is 2.06. The Morgan fingerprint density at radius 3 is 2.81 bits per heavy atom. The van der Waals surface area contributed by atoms with Crippen LogP contribution in [0.3, 0.4) is 0 Å². The van der Waals surface area contributed by atoms with Gasteiger partial charge in [0.15, 0.2) is 0 Å². The molecule has 0 aromatic heterocycles. The van der Waals surface area contributed by atoms with Gasteiger partial charge in [0, 0.05) is 6.54 Å². The highest BCUT2D eigenvalue weighted by molar-refractivity contribution is 5.70. The van der Waals surface area contributed by atoms with Crippen LogP contribution in [0, 0.1) is 0 Å².